The van der Waals surface area contributed by atoms with E-state index in [2.05, 4.69) is 10.3 Å². The molecule has 0 radical (unpaired) electrons. The normalized spacial score (nSPS) is 10.9. The Morgan fingerprint density at radius 2 is 1.95 bits per heavy atom. The van der Waals surface area contributed by atoms with Crippen LogP contribution in [0.2, 0.25) is 0 Å². The molecule has 0 aliphatic carbocycles. The first-order chi connectivity index (χ1) is 10.6. The Morgan fingerprint density at radius 1 is 1.14 bits per heavy atom. The lowest BCUT2D eigenvalue weighted by atomic mass is 10.1. The van der Waals surface area contributed by atoms with Crippen LogP contribution >= 0.6 is 0 Å². The predicted octanol–water partition coefficient (Wildman–Crippen LogP) is 3.15. The van der Waals surface area contributed by atoms with E-state index in [4.69, 9.17) is 5.73 Å². The van der Waals surface area contributed by atoms with E-state index in [-0.39, 0.29) is 12.4 Å². The van der Waals surface area contributed by atoms with Gasteiger partial charge in [0.15, 0.2) is 0 Å². The fraction of sp³-hybridized carbons (Fsp3) is 0.176. The summed E-state index contributed by atoms with van der Waals surface area (Å²) in [5.41, 5.74) is 11.0. The predicted molar refractivity (Wildman–Crippen MR) is 84.1 cm³/mol. The molecule has 0 saturated carbocycles. The first-order valence-electron chi connectivity index (χ1n) is 7.08. The van der Waals surface area contributed by atoms with E-state index in [0.29, 0.717) is 11.3 Å². The summed E-state index contributed by atoms with van der Waals surface area (Å²) in [6.45, 7) is 4.27. The van der Waals surface area contributed by atoms with E-state index in [1.54, 1.807) is 10.7 Å². The minimum atomic E-state index is -0.297. The van der Waals surface area contributed by atoms with Crippen LogP contribution in [-0.4, -0.2) is 15.0 Å². The van der Waals surface area contributed by atoms with E-state index in [1.165, 1.54) is 12.1 Å². The van der Waals surface area contributed by atoms with Crippen LogP contribution in [0.4, 0.5) is 4.39 Å². The summed E-state index contributed by atoms with van der Waals surface area (Å²) in [4.78, 5) is 0. The van der Waals surface area contributed by atoms with E-state index in [9.17, 15) is 4.39 Å². The number of hydrogen-bond acceptors (Lipinski definition) is 3. The number of hydrogen-bond donors (Lipinski definition) is 1. The van der Waals surface area contributed by atoms with Crippen LogP contribution in [0.3, 0.4) is 0 Å². The van der Waals surface area contributed by atoms with E-state index >= 15 is 0 Å². The van der Waals surface area contributed by atoms with Gasteiger partial charge in [0.05, 0.1) is 11.4 Å². The first kappa shape index (κ1) is 14.4. The van der Waals surface area contributed by atoms with Crippen LogP contribution in [0.15, 0.2) is 42.5 Å². The number of halogens is 1. The molecule has 0 saturated heterocycles. The Labute approximate surface area is 128 Å². The van der Waals surface area contributed by atoms with Gasteiger partial charge in [-0.25, -0.2) is 9.07 Å². The minimum absolute atomic E-state index is 0.247. The van der Waals surface area contributed by atoms with Gasteiger partial charge in [-0.05, 0) is 43.2 Å². The Balaban J connectivity index is 2.26. The highest BCUT2D eigenvalue weighted by Gasteiger charge is 2.17. The van der Waals surface area contributed by atoms with Crippen molar-refractivity contribution in [1.82, 2.24) is 15.0 Å². The molecule has 0 bridgehead atoms. The zero-order valence-corrected chi connectivity index (χ0v) is 12.5. The van der Waals surface area contributed by atoms with Crippen molar-refractivity contribution in [2.75, 3.05) is 0 Å². The average molecular weight is 296 g/mol. The van der Waals surface area contributed by atoms with Crippen molar-refractivity contribution in [1.29, 1.82) is 0 Å². The Morgan fingerprint density at radius 3 is 2.68 bits per heavy atom. The van der Waals surface area contributed by atoms with Crippen molar-refractivity contribution in [3.63, 3.8) is 0 Å². The molecule has 5 heteroatoms. The van der Waals surface area contributed by atoms with E-state index < -0.39 is 0 Å². The summed E-state index contributed by atoms with van der Waals surface area (Å²) >= 11 is 0. The summed E-state index contributed by atoms with van der Waals surface area (Å²) in [5, 5.41) is 8.38. The van der Waals surface area contributed by atoms with Crippen LogP contribution in [0.1, 0.15) is 16.8 Å². The maximum absolute atomic E-state index is 13.6. The van der Waals surface area contributed by atoms with Crippen LogP contribution in [0.25, 0.3) is 16.9 Å². The fourth-order valence-electron chi connectivity index (χ4n) is 2.49. The standard InChI is InChI=1S/C17H17FN4/c1-11-6-7-12(2)16(8-11)22-17(15(10-19)20-21-22)13-4-3-5-14(18)9-13/h3-9H,10,19H2,1-2H3. The summed E-state index contributed by atoms with van der Waals surface area (Å²) < 4.78 is 15.3. The molecule has 3 aromatic rings. The third-order valence-electron chi connectivity index (χ3n) is 3.62. The lowest BCUT2D eigenvalue weighted by molar-refractivity contribution is 0.628. The summed E-state index contributed by atoms with van der Waals surface area (Å²) in [5.74, 6) is -0.297. The van der Waals surface area contributed by atoms with Crippen molar-refractivity contribution in [2.24, 2.45) is 5.73 Å². The van der Waals surface area contributed by atoms with Gasteiger partial charge in [-0.1, -0.05) is 29.5 Å². The highest BCUT2D eigenvalue weighted by atomic mass is 19.1. The van der Waals surface area contributed by atoms with Gasteiger partial charge in [0.2, 0.25) is 0 Å². The zero-order valence-electron chi connectivity index (χ0n) is 12.5. The number of aryl methyl sites for hydroxylation is 2. The molecule has 4 nitrogen and oxygen atoms in total. The van der Waals surface area contributed by atoms with Gasteiger partial charge in [-0.15, -0.1) is 5.10 Å². The average Bonchev–Trinajstić information content (AvgIpc) is 2.93. The highest BCUT2D eigenvalue weighted by Crippen LogP contribution is 2.27. The van der Waals surface area contributed by atoms with Crippen molar-refractivity contribution in [2.45, 2.75) is 20.4 Å². The molecule has 0 fully saturated rings. The molecule has 0 unspecified atom stereocenters. The Kier molecular flexibility index (Phi) is 3.73. The second-order valence-corrected chi connectivity index (χ2v) is 5.30. The summed E-state index contributed by atoms with van der Waals surface area (Å²) in [7, 11) is 0. The van der Waals surface area contributed by atoms with Gasteiger partial charge in [-0.2, -0.15) is 0 Å². The number of rotatable bonds is 3. The zero-order chi connectivity index (χ0) is 15.7. The number of benzene rings is 2. The molecule has 0 spiro atoms. The smallest absolute Gasteiger partial charge is 0.123 e. The third kappa shape index (κ3) is 2.51. The number of aromatic nitrogens is 3. The lowest BCUT2D eigenvalue weighted by Gasteiger charge is -2.11. The fourth-order valence-corrected chi connectivity index (χ4v) is 2.49. The summed E-state index contributed by atoms with van der Waals surface area (Å²) in [6.07, 6.45) is 0. The van der Waals surface area contributed by atoms with Crippen molar-refractivity contribution in [3.8, 4) is 16.9 Å². The Bertz CT molecular complexity index is 823. The maximum Gasteiger partial charge on any atom is 0.123 e. The van der Waals surface area contributed by atoms with Crippen LogP contribution in [0.5, 0.6) is 0 Å². The number of nitrogens with zero attached hydrogens (tertiary/aromatic N) is 3. The molecule has 0 aliphatic heterocycles. The second-order valence-electron chi connectivity index (χ2n) is 5.30. The van der Waals surface area contributed by atoms with Crippen LogP contribution in [0, 0.1) is 19.7 Å². The van der Waals surface area contributed by atoms with Gasteiger partial charge in [0.1, 0.15) is 11.5 Å². The summed E-state index contributed by atoms with van der Waals surface area (Å²) in [6, 6.07) is 12.5. The highest BCUT2D eigenvalue weighted by molar-refractivity contribution is 5.65. The maximum atomic E-state index is 13.6. The van der Waals surface area contributed by atoms with Crippen LogP contribution in [-0.2, 0) is 6.54 Å². The molecule has 0 atom stereocenters. The monoisotopic (exact) mass is 296 g/mol. The topological polar surface area (TPSA) is 56.7 Å². The van der Waals surface area contributed by atoms with Gasteiger partial charge < -0.3 is 5.73 Å². The van der Waals surface area contributed by atoms with Gasteiger partial charge in [-0.3, -0.25) is 0 Å². The number of nitrogens with two attached hydrogens (primary N) is 1. The van der Waals surface area contributed by atoms with Crippen molar-refractivity contribution < 1.29 is 4.39 Å². The van der Waals surface area contributed by atoms with E-state index in [0.717, 1.165) is 22.5 Å². The van der Waals surface area contributed by atoms with Crippen molar-refractivity contribution >= 4 is 0 Å². The van der Waals surface area contributed by atoms with Crippen LogP contribution < -0.4 is 5.73 Å². The molecule has 3 rings (SSSR count). The third-order valence-corrected chi connectivity index (χ3v) is 3.62. The largest absolute Gasteiger partial charge is 0.325 e. The first-order valence-corrected chi connectivity index (χ1v) is 7.08. The van der Waals surface area contributed by atoms with E-state index in [1.807, 2.05) is 38.1 Å². The molecule has 0 amide bonds. The molecule has 112 valence electrons. The molecule has 22 heavy (non-hydrogen) atoms. The molecule has 2 N–H and O–H groups in total. The lowest BCUT2D eigenvalue weighted by Crippen LogP contribution is -2.04. The minimum Gasteiger partial charge on any atom is -0.325 e. The van der Waals surface area contributed by atoms with Gasteiger partial charge in [0, 0.05) is 12.1 Å². The van der Waals surface area contributed by atoms with Gasteiger partial charge in [0.25, 0.3) is 0 Å². The molecule has 1 heterocycles. The quantitative estimate of drug-likeness (QED) is 0.807. The van der Waals surface area contributed by atoms with Gasteiger partial charge >= 0.3 is 0 Å². The SMILES string of the molecule is Cc1ccc(C)c(-n2nnc(CN)c2-c2cccc(F)c2)c1. The Hall–Kier alpha value is -2.53. The molecular formula is C17H17FN4. The second kappa shape index (κ2) is 5.69. The molecular weight excluding hydrogens is 279 g/mol. The molecule has 0 aliphatic rings. The van der Waals surface area contributed by atoms with Crippen molar-refractivity contribution in [3.05, 3.63) is 65.1 Å². The molecule has 1 aromatic heterocycles. The molecule has 2 aromatic carbocycles.